The number of hydrogen-bond acceptors (Lipinski definition) is 15. The lowest BCUT2D eigenvalue weighted by atomic mass is 10.0. The number of hydrogen-bond donors (Lipinski definition) is 3. The predicted octanol–water partition coefficient (Wildman–Crippen LogP) is 23.0. The van der Waals surface area contributed by atoms with Gasteiger partial charge in [0.05, 0.1) is 26.4 Å². The second-order valence-electron chi connectivity index (χ2n) is 27.7. The van der Waals surface area contributed by atoms with E-state index in [-0.39, 0.29) is 25.7 Å². The molecule has 0 aliphatic carbocycles. The fraction of sp³-hybridized carbons (Fsp3) is 0.948. The van der Waals surface area contributed by atoms with Crippen LogP contribution in [0.15, 0.2) is 0 Å². The first kappa shape index (κ1) is 94.1. The third-order valence-electron chi connectivity index (χ3n) is 18.1. The van der Waals surface area contributed by atoms with E-state index in [9.17, 15) is 43.2 Å². The van der Waals surface area contributed by atoms with Gasteiger partial charge in [0, 0.05) is 25.7 Å². The number of aliphatic hydroxyl groups is 1. The van der Waals surface area contributed by atoms with Crippen molar-refractivity contribution in [1.29, 1.82) is 0 Å². The van der Waals surface area contributed by atoms with E-state index in [1.807, 2.05) is 0 Å². The summed E-state index contributed by atoms with van der Waals surface area (Å²) in [4.78, 5) is 72.7. The first-order valence-corrected chi connectivity index (χ1v) is 43.3. The van der Waals surface area contributed by atoms with Gasteiger partial charge in [-0.2, -0.15) is 0 Å². The molecule has 0 aliphatic heterocycles. The van der Waals surface area contributed by atoms with E-state index >= 15 is 0 Å². The average Bonchev–Trinajstić information content (AvgIpc) is 1.42. The fourth-order valence-corrected chi connectivity index (χ4v) is 13.5. The van der Waals surface area contributed by atoms with Gasteiger partial charge in [0.15, 0.2) is 12.2 Å². The Morgan fingerprint density at radius 1 is 0.250 bits per heavy atom. The Morgan fingerprint density at radius 3 is 0.615 bits per heavy atom. The summed E-state index contributed by atoms with van der Waals surface area (Å²) in [5, 5.41) is 10.6. The predicted molar refractivity (Wildman–Crippen MR) is 391 cm³/mol. The van der Waals surface area contributed by atoms with Crippen molar-refractivity contribution in [2.24, 2.45) is 0 Å². The summed E-state index contributed by atoms with van der Waals surface area (Å²) in [5.41, 5.74) is 0. The SMILES string of the molecule is CCCCCCCCCCCCCCCCCCCCCC(=O)O[C@H](COC(=O)CCCCCCCCCCCCCCCCCC)COP(=O)(O)OC[C@@H](O)COP(=O)(O)OC[C@@H](COC(=O)CCCCCCCCC)OC(=O)CCCCCCCCCCCCCCCC. The summed E-state index contributed by atoms with van der Waals surface area (Å²) in [7, 11) is -9.91. The number of esters is 4. The molecule has 17 nitrogen and oxygen atoms in total. The summed E-state index contributed by atoms with van der Waals surface area (Å²) < 4.78 is 68.5. The van der Waals surface area contributed by atoms with E-state index in [1.54, 1.807) is 0 Å². The smallest absolute Gasteiger partial charge is 0.462 e. The van der Waals surface area contributed by atoms with E-state index in [0.29, 0.717) is 25.7 Å². The number of phosphoric acid groups is 2. The third kappa shape index (κ3) is 70.5. The molecule has 0 saturated carbocycles. The van der Waals surface area contributed by atoms with E-state index in [4.69, 9.17) is 37.0 Å². The first-order valence-electron chi connectivity index (χ1n) is 40.3. The second kappa shape index (κ2) is 71.5. The summed E-state index contributed by atoms with van der Waals surface area (Å²) in [5.74, 6) is -2.11. The molecular weight excluding hydrogens is 1260 g/mol. The zero-order chi connectivity index (χ0) is 70.4. The van der Waals surface area contributed by atoms with Crippen LogP contribution in [0.4, 0.5) is 0 Å². The number of phosphoric ester groups is 2. The Kier molecular flexibility index (Phi) is 70.0. The van der Waals surface area contributed by atoms with Gasteiger partial charge in [-0.3, -0.25) is 37.3 Å². The molecule has 0 fully saturated rings. The summed E-state index contributed by atoms with van der Waals surface area (Å²) in [6, 6.07) is 0. The van der Waals surface area contributed by atoms with Gasteiger partial charge >= 0.3 is 39.5 Å². The van der Waals surface area contributed by atoms with Crippen LogP contribution in [0.2, 0.25) is 0 Å². The maximum absolute atomic E-state index is 13.1. The monoisotopic (exact) mass is 1410 g/mol. The van der Waals surface area contributed by atoms with Gasteiger partial charge < -0.3 is 33.8 Å². The molecule has 19 heteroatoms. The van der Waals surface area contributed by atoms with Crippen LogP contribution >= 0.6 is 15.6 Å². The van der Waals surface area contributed by atoms with Crippen molar-refractivity contribution in [3.05, 3.63) is 0 Å². The molecule has 0 bridgehead atoms. The Labute approximate surface area is 588 Å². The Bertz CT molecular complexity index is 1830. The Morgan fingerprint density at radius 2 is 0.417 bits per heavy atom. The zero-order valence-electron chi connectivity index (χ0n) is 62.4. The third-order valence-corrected chi connectivity index (χ3v) is 20.0. The van der Waals surface area contributed by atoms with Crippen LogP contribution in [-0.4, -0.2) is 96.7 Å². The molecule has 96 heavy (non-hydrogen) atoms. The molecule has 0 aliphatic rings. The van der Waals surface area contributed by atoms with Crippen LogP contribution in [0.3, 0.4) is 0 Å². The summed E-state index contributed by atoms with van der Waals surface area (Å²) in [6.45, 7) is 4.96. The average molecular weight is 1410 g/mol. The number of aliphatic hydroxyl groups excluding tert-OH is 1. The highest BCUT2D eigenvalue weighted by Crippen LogP contribution is 2.45. The second-order valence-corrected chi connectivity index (χ2v) is 30.7. The van der Waals surface area contributed by atoms with Gasteiger partial charge in [-0.1, -0.05) is 362 Å². The molecule has 0 rings (SSSR count). The Hall–Kier alpha value is -1.94. The van der Waals surface area contributed by atoms with E-state index in [2.05, 4.69) is 27.7 Å². The van der Waals surface area contributed by atoms with Crippen molar-refractivity contribution in [3.63, 3.8) is 0 Å². The van der Waals surface area contributed by atoms with E-state index in [1.165, 1.54) is 231 Å². The molecule has 0 spiro atoms. The molecule has 0 amide bonds. The molecule has 2 unspecified atom stereocenters. The molecule has 3 N–H and O–H groups in total. The molecule has 0 aromatic carbocycles. The van der Waals surface area contributed by atoms with Crippen molar-refractivity contribution in [2.45, 2.75) is 431 Å². The molecule has 0 saturated heterocycles. The van der Waals surface area contributed by atoms with Gasteiger partial charge in [0.25, 0.3) is 0 Å². The number of rotatable bonds is 78. The minimum absolute atomic E-state index is 0.108. The fourth-order valence-electron chi connectivity index (χ4n) is 11.9. The molecule has 5 atom stereocenters. The van der Waals surface area contributed by atoms with Gasteiger partial charge in [0.2, 0.25) is 0 Å². The molecule has 0 aromatic rings. The lowest BCUT2D eigenvalue weighted by Gasteiger charge is -2.21. The molecule has 570 valence electrons. The van der Waals surface area contributed by atoms with Gasteiger partial charge in [-0.25, -0.2) is 9.13 Å². The normalized spacial score (nSPS) is 13.9. The van der Waals surface area contributed by atoms with Crippen LogP contribution in [0, 0.1) is 0 Å². The lowest BCUT2D eigenvalue weighted by molar-refractivity contribution is -0.161. The quantitative estimate of drug-likeness (QED) is 0.0222. The number of carbonyl (C=O) groups is 4. The van der Waals surface area contributed by atoms with Crippen LogP contribution in [0.25, 0.3) is 0 Å². The molecular formula is C77H150O17P2. The Balaban J connectivity index is 5.18. The first-order chi connectivity index (χ1) is 46.7. The number of ether oxygens (including phenoxy) is 4. The largest absolute Gasteiger partial charge is 0.472 e. The van der Waals surface area contributed by atoms with Gasteiger partial charge in [-0.05, 0) is 25.7 Å². The number of unbranched alkanes of at least 4 members (excludes halogenated alkanes) is 52. The lowest BCUT2D eigenvalue weighted by Crippen LogP contribution is -2.30. The highest BCUT2D eigenvalue weighted by atomic mass is 31.2. The topological polar surface area (TPSA) is 237 Å². The van der Waals surface area contributed by atoms with Crippen molar-refractivity contribution in [2.75, 3.05) is 39.6 Å². The van der Waals surface area contributed by atoms with Crippen molar-refractivity contribution >= 4 is 39.5 Å². The summed E-state index contributed by atoms with van der Waals surface area (Å²) >= 11 is 0. The molecule has 0 heterocycles. The molecule has 0 radical (unpaired) electrons. The van der Waals surface area contributed by atoms with Crippen LogP contribution < -0.4 is 0 Å². The van der Waals surface area contributed by atoms with E-state index in [0.717, 1.165) is 103 Å². The van der Waals surface area contributed by atoms with Gasteiger partial charge in [0.1, 0.15) is 19.3 Å². The van der Waals surface area contributed by atoms with Crippen LogP contribution in [-0.2, 0) is 65.4 Å². The van der Waals surface area contributed by atoms with Crippen molar-refractivity contribution in [1.82, 2.24) is 0 Å². The minimum atomic E-state index is -4.96. The highest BCUT2D eigenvalue weighted by Gasteiger charge is 2.30. The van der Waals surface area contributed by atoms with Crippen molar-refractivity contribution < 1.29 is 80.2 Å². The van der Waals surface area contributed by atoms with Crippen LogP contribution in [0.5, 0.6) is 0 Å². The van der Waals surface area contributed by atoms with E-state index < -0.39 is 97.5 Å². The highest BCUT2D eigenvalue weighted by molar-refractivity contribution is 7.47. The maximum Gasteiger partial charge on any atom is 0.472 e. The minimum Gasteiger partial charge on any atom is -0.462 e. The standard InChI is InChI=1S/C77H150O17P2/c1-5-9-13-17-21-24-27-30-33-35-36-37-39-42-45-48-52-56-60-64-77(82)94-73(68-88-75(80)62-58-54-50-46-43-41-38-34-31-28-25-22-18-14-10-6-2)70-92-96(85,86)90-66-71(78)65-89-95(83,84)91-69-72(67-87-74(79)61-57-53-49-20-16-12-8-4)93-76(81)63-59-55-51-47-44-40-32-29-26-23-19-15-11-7-3/h71-73,78H,5-70H2,1-4H3,(H,83,84)(H,85,86)/t71-,72+,73+/m0/s1. The maximum atomic E-state index is 13.1. The number of carbonyl (C=O) groups excluding carboxylic acids is 4. The summed E-state index contributed by atoms with van der Waals surface area (Å²) in [6.07, 6.45) is 62.5. The molecule has 0 aromatic heterocycles. The van der Waals surface area contributed by atoms with Crippen LogP contribution in [0.1, 0.15) is 413 Å². The van der Waals surface area contributed by atoms with Crippen molar-refractivity contribution in [3.8, 4) is 0 Å². The van der Waals surface area contributed by atoms with Gasteiger partial charge in [-0.15, -0.1) is 0 Å². The zero-order valence-corrected chi connectivity index (χ0v) is 64.1.